The summed E-state index contributed by atoms with van der Waals surface area (Å²) in [7, 11) is 0. The quantitative estimate of drug-likeness (QED) is 0.827. The number of nitrogens with one attached hydrogen (secondary N) is 1. The van der Waals surface area contributed by atoms with Crippen molar-refractivity contribution in [3.63, 3.8) is 0 Å². The molecule has 1 aromatic heterocycles. The molecule has 26 heavy (non-hydrogen) atoms. The number of carbonyl (C=O) groups excluding carboxylic acids is 1. The molecule has 3 aliphatic heterocycles. The Balaban J connectivity index is 0.00000121. The molecule has 1 amide bonds. The van der Waals surface area contributed by atoms with Gasteiger partial charge in [-0.05, 0) is 50.2 Å². The molecule has 146 valence electrons. The molecule has 0 aliphatic carbocycles. The summed E-state index contributed by atoms with van der Waals surface area (Å²) in [6.07, 6.45) is 7.75. The third kappa shape index (κ3) is 4.62. The van der Waals surface area contributed by atoms with Crippen molar-refractivity contribution in [2.75, 3.05) is 31.1 Å². The smallest absolute Gasteiger partial charge is 0.255 e. The lowest BCUT2D eigenvalue weighted by molar-refractivity contribution is 0.0748. The van der Waals surface area contributed by atoms with Crippen LogP contribution < -0.4 is 10.2 Å². The second-order valence-corrected chi connectivity index (χ2v) is 7.75. The van der Waals surface area contributed by atoms with Gasteiger partial charge in [0, 0.05) is 44.5 Å². The van der Waals surface area contributed by atoms with Crippen molar-refractivity contribution >= 4 is 36.5 Å². The largest absolute Gasteiger partial charge is 0.357 e. The van der Waals surface area contributed by atoms with E-state index in [0.717, 1.165) is 49.9 Å². The standard InChI is InChI=1S/C19H28N4O.2ClH/c1-14-6-9-22(10-7-14)18-5-2-15(12-20-18)19(24)23-11-8-16-3-4-17(13-23)21-16;;/h2,5,12,14,16-17,21H,3-4,6-11,13H2,1H3;2*1H. The summed E-state index contributed by atoms with van der Waals surface area (Å²) in [5, 5.41) is 3.63. The molecule has 4 heterocycles. The number of aromatic nitrogens is 1. The molecule has 2 unspecified atom stereocenters. The number of nitrogens with zero attached hydrogens (tertiary/aromatic N) is 3. The predicted molar refractivity (Wildman–Crippen MR) is 110 cm³/mol. The van der Waals surface area contributed by atoms with E-state index in [2.05, 4.69) is 22.1 Å². The predicted octanol–water partition coefficient (Wildman–Crippen LogP) is 3.13. The fourth-order valence-electron chi connectivity index (χ4n) is 4.25. The van der Waals surface area contributed by atoms with Gasteiger partial charge in [-0.1, -0.05) is 6.92 Å². The maximum absolute atomic E-state index is 12.8. The van der Waals surface area contributed by atoms with Crippen LogP contribution in [0.1, 0.15) is 49.4 Å². The lowest BCUT2D eigenvalue weighted by Gasteiger charge is -2.31. The van der Waals surface area contributed by atoms with Gasteiger partial charge >= 0.3 is 0 Å². The Labute approximate surface area is 168 Å². The highest BCUT2D eigenvalue weighted by molar-refractivity contribution is 5.94. The fourth-order valence-corrected chi connectivity index (χ4v) is 4.25. The first-order chi connectivity index (χ1) is 11.7. The van der Waals surface area contributed by atoms with E-state index in [9.17, 15) is 4.79 Å². The van der Waals surface area contributed by atoms with Crippen LogP contribution in [0.15, 0.2) is 18.3 Å². The lowest BCUT2D eigenvalue weighted by atomic mass is 9.99. The van der Waals surface area contributed by atoms with E-state index in [1.54, 1.807) is 6.20 Å². The zero-order valence-corrected chi connectivity index (χ0v) is 17.0. The van der Waals surface area contributed by atoms with Crippen molar-refractivity contribution in [2.24, 2.45) is 5.92 Å². The van der Waals surface area contributed by atoms with Crippen molar-refractivity contribution in [2.45, 2.75) is 51.1 Å². The normalized spacial score (nSPS) is 25.9. The van der Waals surface area contributed by atoms with Gasteiger partial charge in [-0.3, -0.25) is 4.79 Å². The first-order valence-electron chi connectivity index (χ1n) is 9.45. The van der Waals surface area contributed by atoms with Crippen LogP contribution in [0.2, 0.25) is 0 Å². The number of pyridine rings is 1. The van der Waals surface area contributed by atoms with Gasteiger partial charge in [0.25, 0.3) is 5.91 Å². The van der Waals surface area contributed by atoms with Gasteiger partial charge in [-0.2, -0.15) is 0 Å². The van der Waals surface area contributed by atoms with Crippen LogP contribution in [0.5, 0.6) is 0 Å². The number of amides is 1. The lowest BCUT2D eigenvalue weighted by Crippen LogP contribution is -2.39. The Bertz CT molecular complexity index is 590. The van der Waals surface area contributed by atoms with Crippen molar-refractivity contribution in [3.8, 4) is 0 Å². The number of hydrogen-bond acceptors (Lipinski definition) is 4. The highest BCUT2D eigenvalue weighted by atomic mass is 35.5. The number of hydrogen-bond donors (Lipinski definition) is 1. The molecule has 0 radical (unpaired) electrons. The number of piperidine rings is 1. The summed E-state index contributed by atoms with van der Waals surface area (Å²) in [4.78, 5) is 21.7. The molecule has 0 aromatic carbocycles. The Morgan fingerprint density at radius 3 is 2.46 bits per heavy atom. The molecular formula is C19H30Cl2N4O. The summed E-state index contributed by atoms with van der Waals surface area (Å²) in [5.41, 5.74) is 0.724. The number of carbonyl (C=O) groups is 1. The van der Waals surface area contributed by atoms with E-state index in [1.807, 2.05) is 17.0 Å². The number of anilines is 1. The Hall–Kier alpha value is -1.04. The maximum atomic E-state index is 12.8. The maximum Gasteiger partial charge on any atom is 0.255 e. The molecule has 5 nitrogen and oxygen atoms in total. The number of halogens is 2. The average molecular weight is 401 g/mol. The third-order valence-electron chi connectivity index (χ3n) is 5.91. The molecular weight excluding hydrogens is 371 g/mol. The van der Waals surface area contributed by atoms with Crippen molar-refractivity contribution in [1.29, 1.82) is 0 Å². The Morgan fingerprint density at radius 1 is 1.04 bits per heavy atom. The molecule has 0 saturated carbocycles. The minimum atomic E-state index is 0. The second-order valence-electron chi connectivity index (χ2n) is 7.75. The molecule has 3 saturated heterocycles. The van der Waals surface area contributed by atoms with Crippen LogP contribution in [-0.2, 0) is 0 Å². The molecule has 2 atom stereocenters. The monoisotopic (exact) mass is 400 g/mol. The average Bonchev–Trinajstić information content (AvgIpc) is 2.94. The Kier molecular flexibility index (Phi) is 7.56. The van der Waals surface area contributed by atoms with Crippen molar-refractivity contribution < 1.29 is 4.79 Å². The molecule has 0 spiro atoms. The SMILES string of the molecule is CC1CCN(c2ccc(C(=O)N3CCC4CCC(C3)N4)cn2)CC1.Cl.Cl. The fraction of sp³-hybridized carbons (Fsp3) is 0.684. The molecule has 3 aliphatic rings. The van der Waals surface area contributed by atoms with E-state index >= 15 is 0 Å². The highest BCUT2D eigenvalue weighted by Gasteiger charge is 2.31. The molecule has 7 heteroatoms. The van der Waals surface area contributed by atoms with Gasteiger partial charge < -0.3 is 15.1 Å². The second kappa shape index (κ2) is 9.25. The molecule has 1 N–H and O–H groups in total. The molecule has 3 fully saturated rings. The van der Waals surface area contributed by atoms with E-state index in [1.165, 1.54) is 25.7 Å². The van der Waals surface area contributed by atoms with Gasteiger partial charge in [0.2, 0.25) is 0 Å². The number of rotatable bonds is 2. The van der Waals surface area contributed by atoms with E-state index in [0.29, 0.717) is 12.1 Å². The minimum Gasteiger partial charge on any atom is -0.357 e. The van der Waals surface area contributed by atoms with E-state index < -0.39 is 0 Å². The van der Waals surface area contributed by atoms with Crippen molar-refractivity contribution in [1.82, 2.24) is 15.2 Å². The van der Waals surface area contributed by atoms with Gasteiger partial charge in [0.1, 0.15) is 5.82 Å². The first-order valence-corrected chi connectivity index (χ1v) is 9.45. The molecule has 1 aromatic rings. The third-order valence-corrected chi connectivity index (χ3v) is 5.91. The van der Waals surface area contributed by atoms with Crippen LogP contribution in [0.25, 0.3) is 0 Å². The zero-order chi connectivity index (χ0) is 16.5. The number of fused-ring (bicyclic) bond motifs is 2. The Morgan fingerprint density at radius 2 is 1.77 bits per heavy atom. The first kappa shape index (κ1) is 21.3. The summed E-state index contributed by atoms with van der Waals surface area (Å²) in [6.45, 7) is 6.15. The minimum absolute atomic E-state index is 0. The van der Waals surface area contributed by atoms with Gasteiger partial charge in [-0.15, -0.1) is 24.8 Å². The summed E-state index contributed by atoms with van der Waals surface area (Å²) in [6, 6.07) is 5.06. The van der Waals surface area contributed by atoms with Crippen LogP contribution in [0, 0.1) is 5.92 Å². The summed E-state index contributed by atoms with van der Waals surface area (Å²) < 4.78 is 0. The number of likely N-dealkylation sites (tertiary alicyclic amines) is 1. The van der Waals surface area contributed by atoms with Crippen molar-refractivity contribution in [3.05, 3.63) is 23.9 Å². The van der Waals surface area contributed by atoms with Crippen LogP contribution in [0.4, 0.5) is 5.82 Å². The van der Waals surface area contributed by atoms with Crippen LogP contribution in [-0.4, -0.2) is 54.1 Å². The topological polar surface area (TPSA) is 48.5 Å². The zero-order valence-electron chi connectivity index (χ0n) is 15.4. The van der Waals surface area contributed by atoms with E-state index in [4.69, 9.17) is 0 Å². The highest BCUT2D eigenvalue weighted by Crippen LogP contribution is 2.23. The van der Waals surface area contributed by atoms with Crippen LogP contribution in [0.3, 0.4) is 0 Å². The van der Waals surface area contributed by atoms with Gasteiger partial charge in [0.15, 0.2) is 0 Å². The van der Waals surface area contributed by atoms with E-state index in [-0.39, 0.29) is 30.7 Å². The summed E-state index contributed by atoms with van der Waals surface area (Å²) in [5.74, 6) is 1.96. The van der Waals surface area contributed by atoms with Gasteiger partial charge in [-0.25, -0.2) is 4.98 Å². The molecule has 2 bridgehead atoms. The summed E-state index contributed by atoms with van der Waals surface area (Å²) >= 11 is 0. The van der Waals surface area contributed by atoms with Crippen LogP contribution >= 0.6 is 24.8 Å². The molecule has 4 rings (SSSR count). The van der Waals surface area contributed by atoms with Gasteiger partial charge in [0.05, 0.1) is 5.56 Å².